The number of sulfonamides is 1. The number of hydrogen-bond donors (Lipinski definition) is 0. The van der Waals surface area contributed by atoms with E-state index in [0.29, 0.717) is 24.2 Å². The average molecular weight is 350 g/mol. The minimum absolute atomic E-state index is 0.0930. The normalized spacial score (nSPS) is 19.5. The number of benzene rings is 1. The number of amides is 2. The molecule has 1 saturated heterocycles. The molecule has 0 aromatic heterocycles. The molecule has 1 aromatic rings. The van der Waals surface area contributed by atoms with E-state index in [-0.39, 0.29) is 12.3 Å². The van der Waals surface area contributed by atoms with Crippen molar-refractivity contribution in [2.75, 3.05) is 25.4 Å². The zero-order chi connectivity index (χ0) is 17.3. The molecule has 1 fully saturated rings. The van der Waals surface area contributed by atoms with E-state index in [2.05, 4.69) is 0 Å². The zero-order valence-electron chi connectivity index (χ0n) is 13.8. The first-order valence-corrected chi connectivity index (χ1v) is 9.96. The van der Waals surface area contributed by atoms with Gasteiger partial charge >= 0.3 is 0 Å². The number of hydrogen-bond acceptors (Lipinski definition) is 4. The molecule has 2 aliphatic heterocycles. The zero-order valence-corrected chi connectivity index (χ0v) is 14.6. The van der Waals surface area contributed by atoms with E-state index >= 15 is 0 Å². The van der Waals surface area contributed by atoms with Crippen molar-refractivity contribution in [2.45, 2.75) is 32.6 Å². The predicted octanol–water partition coefficient (Wildman–Crippen LogP) is 1.80. The van der Waals surface area contributed by atoms with Crippen molar-refractivity contribution < 1.29 is 18.0 Å². The monoisotopic (exact) mass is 350 g/mol. The third-order valence-electron chi connectivity index (χ3n) is 4.66. The second-order valence-electron chi connectivity index (χ2n) is 6.44. The summed E-state index contributed by atoms with van der Waals surface area (Å²) in [7, 11) is -3.45. The summed E-state index contributed by atoms with van der Waals surface area (Å²) in [5.41, 5.74) is 1.62. The Morgan fingerprint density at radius 2 is 1.58 bits per heavy atom. The molecule has 0 bridgehead atoms. The molecule has 0 spiro atoms. The van der Waals surface area contributed by atoms with Gasteiger partial charge in [0.05, 0.1) is 16.9 Å². The van der Waals surface area contributed by atoms with Crippen molar-refractivity contribution in [3.63, 3.8) is 0 Å². The van der Waals surface area contributed by atoms with Gasteiger partial charge in [0, 0.05) is 19.6 Å². The van der Waals surface area contributed by atoms with Gasteiger partial charge in [0.1, 0.15) is 0 Å². The summed E-state index contributed by atoms with van der Waals surface area (Å²) in [5, 5.41) is 0. The maximum absolute atomic E-state index is 12.5. The van der Waals surface area contributed by atoms with Crippen LogP contribution in [0, 0.1) is 6.92 Å². The minimum atomic E-state index is -3.45. The van der Waals surface area contributed by atoms with Crippen LogP contribution < -0.4 is 0 Å². The van der Waals surface area contributed by atoms with Gasteiger partial charge in [0.2, 0.25) is 10.0 Å². The number of fused-ring (bicyclic) bond motifs is 1. The highest BCUT2D eigenvalue weighted by Gasteiger charge is 2.36. The van der Waals surface area contributed by atoms with Crippen LogP contribution in [0.4, 0.5) is 0 Å². The van der Waals surface area contributed by atoms with E-state index in [1.807, 2.05) is 6.92 Å². The fraction of sp³-hybridized carbons (Fsp3) is 0.529. The molecule has 2 heterocycles. The van der Waals surface area contributed by atoms with Gasteiger partial charge in [0.25, 0.3) is 11.8 Å². The van der Waals surface area contributed by atoms with Crippen LogP contribution in [0.25, 0.3) is 0 Å². The quantitative estimate of drug-likeness (QED) is 0.776. The maximum atomic E-state index is 12.5. The van der Waals surface area contributed by atoms with E-state index in [1.165, 1.54) is 4.31 Å². The smallest absolute Gasteiger partial charge is 0.261 e. The van der Waals surface area contributed by atoms with Crippen molar-refractivity contribution in [3.05, 3.63) is 34.9 Å². The van der Waals surface area contributed by atoms with Crippen LogP contribution in [0.2, 0.25) is 0 Å². The van der Waals surface area contributed by atoms with Gasteiger partial charge in [-0.2, -0.15) is 0 Å². The van der Waals surface area contributed by atoms with Crippen LogP contribution in [0.5, 0.6) is 0 Å². The Labute approximate surface area is 142 Å². The van der Waals surface area contributed by atoms with E-state index in [4.69, 9.17) is 0 Å². The van der Waals surface area contributed by atoms with Crippen LogP contribution in [-0.4, -0.2) is 54.8 Å². The standard InChI is InChI=1S/C17H22N2O4S/c1-13-6-7-14-15(12-13)17(21)19(16(14)20)10-11-24(22,23)18-8-4-2-3-5-9-18/h6-7,12H,2-5,8-11H2,1H3. The highest BCUT2D eigenvalue weighted by Crippen LogP contribution is 2.24. The van der Waals surface area contributed by atoms with E-state index in [0.717, 1.165) is 36.1 Å². The Bertz CT molecular complexity index is 765. The summed E-state index contributed by atoms with van der Waals surface area (Å²) in [6, 6.07) is 5.09. The van der Waals surface area contributed by atoms with Crippen molar-refractivity contribution >= 4 is 21.8 Å². The molecule has 2 aliphatic rings. The van der Waals surface area contributed by atoms with Gasteiger partial charge in [0.15, 0.2) is 0 Å². The number of carbonyl (C=O) groups excluding carboxylic acids is 2. The van der Waals surface area contributed by atoms with Crippen molar-refractivity contribution in [2.24, 2.45) is 0 Å². The molecular formula is C17H22N2O4S. The lowest BCUT2D eigenvalue weighted by Gasteiger charge is -2.21. The van der Waals surface area contributed by atoms with Gasteiger partial charge in [-0.1, -0.05) is 24.5 Å². The summed E-state index contributed by atoms with van der Waals surface area (Å²) >= 11 is 0. The molecular weight excluding hydrogens is 328 g/mol. The summed E-state index contributed by atoms with van der Waals surface area (Å²) in [5.74, 6) is -1.01. The molecule has 0 aliphatic carbocycles. The largest absolute Gasteiger partial charge is 0.273 e. The predicted molar refractivity (Wildman–Crippen MR) is 90.4 cm³/mol. The highest BCUT2D eigenvalue weighted by atomic mass is 32.2. The number of aryl methyl sites for hydroxylation is 1. The summed E-state index contributed by atoms with van der Waals surface area (Å²) in [6.07, 6.45) is 3.82. The second-order valence-corrected chi connectivity index (χ2v) is 8.53. The second kappa shape index (κ2) is 6.64. The van der Waals surface area contributed by atoms with Gasteiger partial charge in [-0.25, -0.2) is 12.7 Å². The molecule has 2 amide bonds. The van der Waals surface area contributed by atoms with E-state index < -0.39 is 21.8 Å². The lowest BCUT2D eigenvalue weighted by molar-refractivity contribution is 0.0663. The van der Waals surface area contributed by atoms with Crippen LogP contribution in [-0.2, 0) is 10.0 Å². The first-order valence-electron chi connectivity index (χ1n) is 8.35. The molecule has 0 saturated carbocycles. The van der Waals surface area contributed by atoms with Gasteiger partial charge in [-0.15, -0.1) is 0 Å². The van der Waals surface area contributed by atoms with E-state index in [1.54, 1.807) is 18.2 Å². The van der Waals surface area contributed by atoms with Gasteiger partial charge in [-0.05, 0) is 31.9 Å². The molecule has 1 aromatic carbocycles. The van der Waals surface area contributed by atoms with Gasteiger partial charge < -0.3 is 0 Å². The SMILES string of the molecule is Cc1ccc2c(c1)C(=O)N(CCS(=O)(=O)N1CCCCCC1)C2=O. The Hall–Kier alpha value is -1.73. The molecule has 0 radical (unpaired) electrons. The number of nitrogens with zero attached hydrogens (tertiary/aromatic N) is 2. The Kier molecular flexibility index (Phi) is 4.73. The fourth-order valence-corrected chi connectivity index (χ4v) is 4.75. The topological polar surface area (TPSA) is 74.8 Å². The highest BCUT2D eigenvalue weighted by molar-refractivity contribution is 7.89. The molecule has 7 heteroatoms. The number of carbonyl (C=O) groups is 2. The maximum Gasteiger partial charge on any atom is 0.261 e. The van der Waals surface area contributed by atoms with Gasteiger partial charge in [-0.3, -0.25) is 14.5 Å². The molecule has 24 heavy (non-hydrogen) atoms. The number of imide groups is 1. The fourth-order valence-electron chi connectivity index (χ4n) is 3.26. The molecule has 6 nitrogen and oxygen atoms in total. The Balaban J connectivity index is 1.71. The Morgan fingerprint density at radius 1 is 0.958 bits per heavy atom. The summed E-state index contributed by atoms with van der Waals surface area (Å²) in [4.78, 5) is 25.8. The van der Waals surface area contributed by atoms with Crippen LogP contribution in [0.1, 0.15) is 52.0 Å². The van der Waals surface area contributed by atoms with Crippen LogP contribution in [0.3, 0.4) is 0 Å². The van der Waals surface area contributed by atoms with Crippen molar-refractivity contribution in [1.82, 2.24) is 9.21 Å². The van der Waals surface area contributed by atoms with E-state index in [9.17, 15) is 18.0 Å². The molecule has 130 valence electrons. The molecule has 0 N–H and O–H groups in total. The van der Waals surface area contributed by atoms with Crippen LogP contribution in [0.15, 0.2) is 18.2 Å². The molecule has 0 atom stereocenters. The lowest BCUT2D eigenvalue weighted by atomic mass is 10.1. The van der Waals surface area contributed by atoms with Crippen molar-refractivity contribution in [1.29, 1.82) is 0 Å². The summed E-state index contributed by atoms with van der Waals surface area (Å²) < 4.78 is 26.5. The minimum Gasteiger partial charge on any atom is -0.273 e. The third-order valence-corrected chi connectivity index (χ3v) is 6.51. The number of rotatable bonds is 4. The lowest BCUT2D eigenvalue weighted by Crippen LogP contribution is -2.40. The third kappa shape index (κ3) is 3.23. The van der Waals surface area contributed by atoms with Crippen LogP contribution >= 0.6 is 0 Å². The first kappa shape index (κ1) is 17.1. The van der Waals surface area contributed by atoms with Crippen molar-refractivity contribution in [3.8, 4) is 0 Å². The average Bonchev–Trinajstić information content (AvgIpc) is 2.76. The molecule has 3 rings (SSSR count). The Morgan fingerprint density at radius 3 is 2.25 bits per heavy atom. The first-order chi connectivity index (χ1) is 11.4. The molecule has 0 unspecified atom stereocenters. The summed E-state index contributed by atoms with van der Waals surface area (Å²) in [6.45, 7) is 2.82.